The van der Waals surface area contributed by atoms with Gasteiger partial charge in [-0.2, -0.15) is 0 Å². The monoisotopic (exact) mass is 608 g/mol. The van der Waals surface area contributed by atoms with Gasteiger partial charge in [0.25, 0.3) is 0 Å². The molecule has 0 amide bonds. The zero-order valence-corrected chi connectivity index (χ0v) is 23.1. The Morgan fingerprint density at radius 3 is 2.19 bits per heavy atom. The van der Waals surface area contributed by atoms with Crippen LogP contribution < -0.4 is 0 Å². The van der Waals surface area contributed by atoms with E-state index in [1.165, 1.54) is 43.3 Å². The lowest BCUT2D eigenvalue weighted by atomic mass is 9.98. The second-order valence-corrected chi connectivity index (χ2v) is 10.3. The molecule has 0 radical (unpaired) electrons. The quantitative estimate of drug-likeness (QED) is 0.0947. The van der Waals surface area contributed by atoms with Gasteiger partial charge in [-0.25, -0.2) is 4.79 Å². The van der Waals surface area contributed by atoms with Crippen LogP contribution in [0.1, 0.15) is 18.1 Å². The lowest BCUT2D eigenvalue weighted by Crippen LogP contribution is -2.62. The molecule has 2 saturated heterocycles. The number of aliphatic hydroxyl groups is 5. The lowest BCUT2D eigenvalue weighted by molar-refractivity contribution is -0.328. The minimum absolute atomic E-state index is 0.0471. The maximum absolute atomic E-state index is 12.7. The molecule has 0 spiro atoms. The van der Waals surface area contributed by atoms with Gasteiger partial charge in [-0.1, -0.05) is 18.2 Å². The second kappa shape index (κ2) is 14.4. The van der Waals surface area contributed by atoms with Crippen molar-refractivity contribution in [1.82, 2.24) is 0 Å². The van der Waals surface area contributed by atoms with E-state index in [2.05, 4.69) is 0 Å². The first-order valence-corrected chi connectivity index (χ1v) is 13.6. The number of phenolic OH excluding ortho intramolecular Hbond substituents is 3. The Morgan fingerprint density at radius 1 is 0.814 bits per heavy atom. The minimum atomic E-state index is -1.71. The van der Waals surface area contributed by atoms with Gasteiger partial charge in [-0.15, -0.1) is 0 Å². The highest BCUT2D eigenvalue weighted by atomic mass is 16.7. The fourth-order valence-electron chi connectivity index (χ4n) is 4.60. The standard InChI is InChI=1S/C29H36O14/c1-14-22(34)23(35)25(37)29(41-14)40-13-20-27(43-21(33)9-5-16-4-8-18(31)19(32)12-16)24(36)26(38)28(42-20)39-11-10-15-2-6-17(30)7-3-15/h2-9,12,14,20,22-32,34-38H,10-11,13H2,1H3. The van der Waals surface area contributed by atoms with Gasteiger partial charge in [-0.05, 0) is 54.8 Å². The molecule has 0 aromatic heterocycles. The van der Waals surface area contributed by atoms with E-state index in [4.69, 9.17) is 23.7 Å². The van der Waals surface area contributed by atoms with E-state index >= 15 is 0 Å². The molecular formula is C29H36O14. The van der Waals surface area contributed by atoms with Crippen LogP contribution in [0.4, 0.5) is 0 Å². The van der Waals surface area contributed by atoms with Gasteiger partial charge in [0.1, 0.15) is 42.4 Å². The van der Waals surface area contributed by atoms with Crippen LogP contribution in [-0.4, -0.2) is 121 Å². The zero-order valence-electron chi connectivity index (χ0n) is 23.1. The molecule has 2 aromatic carbocycles. The van der Waals surface area contributed by atoms with Gasteiger partial charge in [0.05, 0.1) is 19.3 Å². The summed E-state index contributed by atoms with van der Waals surface area (Å²) < 4.78 is 27.9. The van der Waals surface area contributed by atoms with Gasteiger partial charge in [0.15, 0.2) is 30.2 Å². The number of esters is 1. The van der Waals surface area contributed by atoms with E-state index in [-0.39, 0.29) is 18.1 Å². The summed E-state index contributed by atoms with van der Waals surface area (Å²) in [6.07, 6.45) is -11.7. The highest BCUT2D eigenvalue weighted by molar-refractivity contribution is 5.87. The number of carbonyl (C=O) groups is 1. The number of carbonyl (C=O) groups excluding carboxylic acids is 1. The lowest BCUT2D eigenvalue weighted by Gasteiger charge is -2.43. The van der Waals surface area contributed by atoms with Crippen LogP contribution in [0.3, 0.4) is 0 Å². The van der Waals surface area contributed by atoms with Gasteiger partial charge >= 0.3 is 5.97 Å². The number of rotatable bonds is 10. The first-order chi connectivity index (χ1) is 20.4. The van der Waals surface area contributed by atoms with Crippen molar-refractivity contribution in [2.45, 2.75) is 74.8 Å². The SMILES string of the molecule is CC1OC(OCC2OC(OCCc3ccc(O)cc3)C(O)C(O)C2OC(=O)C=Cc2ccc(O)c(O)c2)C(O)C(O)C1O. The predicted octanol–water partition coefficient (Wildman–Crippen LogP) is -0.722. The van der Waals surface area contributed by atoms with E-state index in [9.17, 15) is 45.6 Å². The van der Waals surface area contributed by atoms with Crippen molar-refractivity contribution in [1.29, 1.82) is 0 Å². The smallest absolute Gasteiger partial charge is 0.331 e. The highest BCUT2D eigenvalue weighted by Gasteiger charge is 2.49. The van der Waals surface area contributed by atoms with Crippen molar-refractivity contribution < 1.29 is 69.3 Å². The Balaban J connectivity index is 1.45. The van der Waals surface area contributed by atoms with E-state index in [0.29, 0.717) is 12.0 Å². The molecule has 0 bridgehead atoms. The number of aromatic hydroxyl groups is 3. The minimum Gasteiger partial charge on any atom is -0.508 e. The summed E-state index contributed by atoms with van der Waals surface area (Å²) in [7, 11) is 0. The van der Waals surface area contributed by atoms with Gasteiger partial charge in [0.2, 0.25) is 0 Å². The summed E-state index contributed by atoms with van der Waals surface area (Å²) in [5.74, 6) is -1.60. The zero-order chi connectivity index (χ0) is 31.3. The molecule has 2 aliphatic rings. The van der Waals surface area contributed by atoms with Crippen molar-refractivity contribution in [3.05, 3.63) is 59.7 Å². The molecule has 2 fully saturated rings. The number of ether oxygens (including phenoxy) is 5. The maximum Gasteiger partial charge on any atom is 0.331 e. The number of phenols is 3. The Morgan fingerprint density at radius 2 is 1.49 bits per heavy atom. The number of benzene rings is 2. The van der Waals surface area contributed by atoms with Crippen molar-refractivity contribution in [2.75, 3.05) is 13.2 Å². The van der Waals surface area contributed by atoms with Crippen LogP contribution in [0.25, 0.3) is 6.08 Å². The Hall–Kier alpha value is -3.31. The van der Waals surface area contributed by atoms with Gasteiger partial charge in [0, 0.05) is 6.08 Å². The summed E-state index contributed by atoms with van der Waals surface area (Å²) in [6, 6.07) is 10.3. The fraction of sp³-hybridized carbons (Fsp3) is 0.483. The molecule has 0 saturated carbocycles. The van der Waals surface area contributed by atoms with E-state index < -0.39 is 79.7 Å². The predicted molar refractivity (Wildman–Crippen MR) is 145 cm³/mol. The van der Waals surface area contributed by atoms with Crippen LogP contribution in [0.5, 0.6) is 17.2 Å². The molecule has 2 aromatic rings. The topological polar surface area (TPSA) is 225 Å². The molecule has 8 N–H and O–H groups in total. The fourth-order valence-corrected chi connectivity index (χ4v) is 4.60. The van der Waals surface area contributed by atoms with E-state index in [0.717, 1.165) is 11.6 Å². The highest BCUT2D eigenvalue weighted by Crippen LogP contribution is 2.29. The van der Waals surface area contributed by atoms with Crippen molar-refractivity contribution in [3.8, 4) is 17.2 Å². The third-order valence-electron chi connectivity index (χ3n) is 7.15. The summed E-state index contributed by atoms with van der Waals surface area (Å²) in [4.78, 5) is 12.7. The second-order valence-electron chi connectivity index (χ2n) is 10.3. The average Bonchev–Trinajstić information content (AvgIpc) is 2.98. The Bertz CT molecular complexity index is 1240. The molecule has 2 heterocycles. The van der Waals surface area contributed by atoms with Crippen LogP contribution in [0, 0.1) is 0 Å². The van der Waals surface area contributed by atoms with Crippen LogP contribution >= 0.6 is 0 Å². The van der Waals surface area contributed by atoms with Crippen LogP contribution in [-0.2, 0) is 34.9 Å². The average molecular weight is 609 g/mol. The molecule has 236 valence electrons. The Kier molecular flexibility index (Phi) is 10.9. The molecule has 4 rings (SSSR count). The summed E-state index contributed by atoms with van der Waals surface area (Å²) >= 11 is 0. The van der Waals surface area contributed by atoms with Crippen LogP contribution in [0.15, 0.2) is 48.5 Å². The first kappa shape index (κ1) is 32.6. The van der Waals surface area contributed by atoms with E-state index in [1.807, 2.05) is 0 Å². The molecule has 14 heteroatoms. The van der Waals surface area contributed by atoms with Crippen molar-refractivity contribution >= 4 is 12.0 Å². The Labute approximate surface area is 246 Å². The van der Waals surface area contributed by atoms with Crippen molar-refractivity contribution in [3.63, 3.8) is 0 Å². The summed E-state index contributed by atoms with van der Waals surface area (Å²) in [5.41, 5.74) is 1.18. The van der Waals surface area contributed by atoms with Gasteiger partial charge < -0.3 is 64.5 Å². The maximum atomic E-state index is 12.7. The number of aliphatic hydroxyl groups excluding tert-OH is 5. The number of hydrogen-bond donors (Lipinski definition) is 8. The molecule has 10 unspecified atom stereocenters. The molecule has 14 nitrogen and oxygen atoms in total. The number of hydrogen-bond acceptors (Lipinski definition) is 14. The van der Waals surface area contributed by atoms with Crippen LogP contribution in [0.2, 0.25) is 0 Å². The normalized spacial score (nSPS) is 33.0. The molecule has 43 heavy (non-hydrogen) atoms. The first-order valence-electron chi connectivity index (χ1n) is 13.6. The van der Waals surface area contributed by atoms with E-state index in [1.54, 1.807) is 12.1 Å². The molecule has 2 aliphatic heterocycles. The summed E-state index contributed by atoms with van der Waals surface area (Å²) in [5, 5.41) is 80.6. The third-order valence-corrected chi connectivity index (χ3v) is 7.15. The van der Waals surface area contributed by atoms with Crippen molar-refractivity contribution in [2.24, 2.45) is 0 Å². The molecular weight excluding hydrogens is 572 g/mol. The molecule has 0 aliphatic carbocycles. The third kappa shape index (κ3) is 8.20. The largest absolute Gasteiger partial charge is 0.508 e. The summed E-state index contributed by atoms with van der Waals surface area (Å²) in [6.45, 7) is 1.05. The van der Waals surface area contributed by atoms with Gasteiger partial charge in [-0.3, -0.25) is 0 Å². The molecule has 10 atom stereocenters.